The number of nitrogens with zero attached hydrogens (tertiary/aromatic N) is 1. The van der Waals surface area contributed by atoms with E-state index in [0.717, 1.165) is 27.2 Å². The Kier molecular flexibility index (Phi) is 5.08. The second-order valence-corrected chi connectivity index (χ2v) is 9.27. The van der Waals surface area contributed by atoms with Crippen LogP contribution in [0, 0.1) is 0 Å². The number of urea groups is 1. The summed E-state index contributed by atoms with van der Waals surface area (Å²) in [6, 6.07) is 12.1. The number of carbonyl (C=O) groups is 3. The van der Waals surface area contributed by atoms with E-state index in [1.54, 1.807) is 12.1 Å². The van der Waals surface area contributed by atoms with Gasteiger partial charge in [-0.25, -0.2) is 13.6 Å². The maximum absolute atomic E-state index is 13.5. The van der Waals surface area contributed by atoms with Gasteiger partial charge in [0.25, 0.3) is 5.91 Å². The number of ketones is 1. The van der Waals surface area contributed by atoms with Gasteiger partial charge in [-0.15, -0.1) is 0 Å². The van der Waals surface area contributed by atoms with Crippen LogP contribution in [0.5, 0.6) is 0 Å². The molecule has 1 saturated heterocycles. The molecule has 1 heterocycles. The Balaban J connectivity index is 1.30. The predicted molar refractivity (Wildman–Crippen MR) is 116 cm³/mol. The fraction of sp³-hybridized carbons (Fsp3) is 0.400. The highest BCUT2D eigenvalue weighted by Gasteiger charge is 2.55. The lowest BCUT2D eigenvalue weighted by Gasteiger charge is -2.34. The first kappa shape index (κ1) is 21.7. The Labute approximate surface area is 189 Å². The number of aliphatic hydroxyl groups excluding tert-OH is 1. The number of alkyl halides is 2. The number of imide groups is 1. The number of nitrogens with one attached hydrogen (secondary N) is 1. The quantitative estimate of drug-likeness (QED) is 0.547. The van der Waals surface area contributed by atoms with Crippen LogP contribution < -0.4 is 5.32 Å². The number of benzene rings is 2. The molecule has 1 unspecified atom stereocenters. The Morgan fingerprint density at radius 2 is 1.73 bits per heavy atom. The molecular weight excluding hydrogens is 430 g/mol. The molecule has 2 aliphatic carbocycles. The van der Waals surface area contributed by atoms with E-state index in [1.165, 1.54) is 0 Å². The fourth-order valence-electron chi connectivity index (χ4n) is 5.17. The van der Waals surface area contributed by atoms with Crippen LogP contribution in [-0.2, 0) is 17.6 Å². The summed E-state index contributed by atoms with van der Waals surface area (Å²) in [6.45, 7) is -0.435. The molecule has 1 atom stereocenters. The van der Waals surface area contributed by atoms with E-state index in [4.69, 9.17) is 0 Å². The third-order valence-electron chi connectivity index (χ3n) is 7.07. The van der Waals surface area contributed by atoms with E-state index in [0.29, 0.717) is 18.4 Å². The van der Waals surface area contributed by atoms with Crippen LogP contribution in [0.4, 0.5) is 13.6 Å². The standard InChI is InChI=1S/C25H24F2N2O4/c26-25(27)10-8-24(9-11-25)22(32)29(23(33)28-24)14-21(31)16-6-4-15(5-7-16)19-3-1-2-17-12-18(30)13-20(17)19/h1-7,18,30H,8-14H2,(H,28,33). The summed E-state index contributed by atoms with van der Waals surface area (Å²) in [5, 5.41) is 12.5. The minimum atomic E-state index is -2.84. The van der Waals surface area contributed by atoms with Crippen LogP contribution in [-0.4, -0.2) is 51.8 Å². The zero-order valence-electron chi connectivity index (χ0n) is 17.9. The van der Waals surface area contributed by atoms with Crippen molar-refractivity contribution in [3.05, 3.63) is 59.2 Å². The van der Waals surface area contributed by atoms with Crippen molar-refractivity contribution in [1.82, 2.24) is 10.2 Å². The topological polar surface area (TPSA) is 86.7 Å². The number of hydrogen-bond acceptors (Lipinski definition) is 4. The summed E-state index contributed by atoms with van der Waals surface area (Å²) in [7, 11) is 0. The van der Waals surface area contributed by atoms with E-state index in [2.05, 4.69) is 5.32 Å². The highest BCUT2D eigenvalue weighted by molar-refractivity contribution is 6.11. The zero-order chi connectivity index (χ0) is 23.4. The largest absolute Gasteiger partial charge is 0.392 e. The summed E-state index contributed by atoms with van der Waals surface area (Å²) in [5.41, 5.74) is 3.16. The second-order valence-electron chi connectivity index (χ2n) is 9.27. The van der Waals surface area contributed by atoms with Gasteiger partial charge < -0.3 is 10.4 Å². The van der Waals surface area contributed by atoms with E-state index < -0.39 is 48.6 Å². The first-order valence-electron chi connectivity index (χ1n) is 11.1. The first-order chi connectivity index (χ1) is 15.7. The Hall–Kier alpha value is -3.13. The number of hydrogen-bond donors (Lipinski definition) is 2. The average Bonchev–Trinajstić information content (AvgIpc) is 3.28. The zero-order valence-corrected chi connectivity index (χ0v) is 17.9. The number of carbonyl (C=O) groups excluding carboxylic acids is 3. The van der Waals surface area contributed by atoms with Gasteiger partial charge in [0.1, 0.15) is 5.54 Å². The lowest BCUT2D eigenvalue weighted by atomic mass is 9.80. The summed E-state index contributed by atoms with van der Waals surface area (Å²) >= 11 is 0. The number of amides is 3. The molecule has 0 bridgehead atoms. The molecule has 6 nitrogen and oxygen atoms in total. The van der Waals surface area contributed by atoms with Gasteiger partial charge in [-0.2, -0.15) is 0 Å². The van der Waals surface area contributed by atoms with Crippen molar-refractivity contribution in [2.75, 3.05) is 6.54 Å². The first-order valence-corrected chi connectivity index (χ1v) is 11.1. The molecule has 8 heteroatoms. The van der Waals surface area contributed by atoms with Crippen molar-refractivity contribution in [1.29, 1.82) is 0 Å². The van der Waals surface area contributed by atoms with Crippen molar-refractivity contribution in [2.45, 2.75) is 56.1 Å². The number of halogens is 2. The number of aliphatic hydroxyl groups is 1. The summed E-state index contributed by atoms with van der Waals surface area (Å²) in [4.78, 5) is 38.9. The number of Topliss-reactive ketones (excluding diaryl/α,β-unsaturated/α-hetero) is 1. The van der Waals surface area contributed by atoms with E-state index in [9.17, 15) is 28.3 Å². The molecule has 0 radical (unpaired) electrons. The van der Waals surface area contributed by atoms with Gasteiger partial charge >= 0.3 is 6.03 Å². The van der Waals surface area contributed by atoms with Gasteiger partial charge in [-0.05, 0) is 47.9 Å². The summed E-state index contributed by atoms with van der Waals surface area (Å²) in [5.74, 6) is -3.85. The normalized spacial score (nSPS) is 23.0. The highest BCUT2D eigenvalue weighted by Crippen LogP contribution is 2.41. The lowest BCUT2D eigenvalue weighted by Crippen LogP contribution is -2.51. The molecule has 2 N–H and O–H groups in total. The maximum atomic E-state index is 13.5. The summed E-state index contributed by atoms with van der Waals surface area (Å²) < 4.78 is 27.1. The van der Waals surface area contributed by atoms with Crippen LogP contribution in [0.25, 0.3) is 11.1 Å². The Morgan fingerprint density at radius 3 is 2.42 bits per heavy atom. The Morgan fingerprint density at radius 1 is 1.03 bits per heavy atom. The van der Waals surface area contributed by atoms with Crippen molar-refractivity contribution >= 4 is 17.7 Å². The van der Waals surface area contributed by atoms with Crippen LogP contribution >= 0.6 is 0 Å². The van der Waals surface area contributed by atoms with Crippen LogP contribution in [0.15, 0.2) is 42.5 Å². The van der Waals surface area contributed by atoms with Crippen LogP contribution in [0.2, 0.25) is 0 Å². The summed E-state index contributed by atoms with van der Waals surface area (Å²) in [6.07, 6.45) is -0.382. The van der Waals surface area contributed by atoms with Crippen molar-refractivity contribution < 1.29 is 28.3 Å². The highest BCUT2D eigenvalue weighted by atomic mass is 19.3. The average molecular weight is 454 g/mol. The van der Waals surface area contributed by atoms with Crippen molar-refractivity contribution in [3.63, 3.8) is 0 Å². The molecule has 3 aliphatic rings. The monoisotopic (exact) mass is 454 g/mol. The molecule has 2 aromatic carbocycles. The molecule has 5 rings (SSSR count). The number of rotatable bonds is 4. The van der Waals surface area contributed by atoms with E-state index >= 15 is 0 Å². The minimum absolute atomic E-state index is 0.139. The van der Waals surface area contributed by atoms with Crippen LogP contribution in [0.3, 0.4) is 0 Å². The third kappa shape index (κ3) is 3.82. The van der Waals surface area contributed by atoms with Gasteiger partial charge in [0.05, 0.1) is 12.6 Å². The minimum Gasteiger partial charge on any atom is -0.392 e. The molecule has 1 aliphatic heterocycles. The van der Waals surface area contributed by atoms with E-state index in [1.807, 2.05) is 30.3 Å². The fourth-order valence-corrected chi connectivity index (χ4v) is 5.17. The maximum Gasteiger partial charge on any atom is 0.325 e. The molecular formula is C25H24F2N2O4. The molecule has 2 fully saturated rings. The molecule has 1 saturated carbocycles. The van der Waals surface area contributed by atoms with Crippen molar-refractivity contribution in [2.24, 2.45) is 0 Å². The van der Waals surface area contributed by atoms with Gasteiger partial charge in [-0.3, -0.25) is 14.5 Å². The van der Waals surface area contributed by atoms with E-state index in [-0.39, 0.29) is 18.9 Å². The molecule has 172 valence electrons. The lowest BCUT2D eigenvalue weighted by molar-refractivity contribution is -0.135. The number of fused-ring (bicyclic) bond motifs is 1. The van der Waals surface area contributed by atoms with Gasteiger partial charge in [0.15, 0.2) is 5.78 Å². The predicted octanol–water partition coefficient (Wildman–Crippen LogP) is 3.50. The van der Waals surface area contributed by atoms with Gasteiger partial charge in [0.2, 0.25) is 5.92 Å². The second kappa shape index (κ2) is 7.73. The molecule has 3 amide bonds. The SMILES string of the molecule is O=C(CN1C(=O)NC2(CCC(F)(F)CC2)C1=O)c1ccc(-c2cccc3c2CC(O)C3)cc1. The smallest absolute Gasteiger partial charge is 0.325 e. The third-order valence-corrected chi connectivity index (χ3v) is 7.07. The molecule has 1 spiro atoms. The molecule has 2 aromatic rings. The Bertz CT molecular complexity index is 1140. The van der Waals surface area contributed by atoms with Crippen molar-refractivity contribution in [3.8, 4) is 11.1 Å². The molecule has 33 heavy (non-hydrogen) atoms. The van der Waals surface area contributed by atoms with Gasteiger partial charge in [-0.1, -0.05) is 42.5 Å². The molecule has 0 aromatic heterocycles. The van der Waals surface area contributed by atoms with Gasteiger partial charge in [0, 0.05) is 18.4 Å². The van der Waals surface area contributed by atoms with Crippen LogP contribution in [0.1, 0.15) is 47.2 Å².